The molecule has 0 amide bonds. The van der Waals surface area contributed by atoms with Crippen LogP contribution in [0.1, 0.15) is 10.4 Å². The van der Waals surface area contributed by atoms with Crippen LogP contribution in [0.2, 0.25) is 0 Å². The number of rotatable bonds is 3. The van der Waals surface area contributed by atoms with Gasteiger partial charge in [-0.1, -0.05) is 0 Å². The van der Waals surface area contributed by atoms with Crippen molar-refractivity contribution in [3.8, 4) is 17.2 Å². The van der Waals surface area contributed by atoms with Crippen molar-refractivity contribution in [2.45, 2.75) is 0 Å². The van der Waals surface area contributed by atoms with Crippen LogP contribution in [-0.4, -0.2) is 35.8 Å². The number of hydrogen-bond acceptors (Lipinski definition) is 5. The Labute approximate surface area is 123 Å². The van der Waals surface area contributed by atoms with E-state index in [1.807, 2.05) is 0 Å². The van der Waals surface area contributed by atoms with E-state index in [2.05, 4.69) is 20.2 Å². The van der Waals surface area contributed by atoms with Crippen LogP contribution in [0.25, 0.3) is 17.2 Å². The summed E-state index contributed by atoms with van der Waals surface area (Å²) in [7, 11) is 0. The van der Waals surface area contributed by atoms with E-state index < -0.39 is 5.97 Å². The van der Waals surface area contributed by atoms with Crippen molar-refractivity contribution in [1.82, 2.24) is 24.7 Å². The molecule has 0 aliphatic heterocycles. The van der Waals surface area contributed by atoms with Crippen LogP contribution in [0.4, 0.5) is 0 Å². The molecule has 0 bridgehead atoms. The zero-order valence-corrected chi connectivity index (χ0v) is 11.4. The summed E-state index contributed by atoms with van der Waals surface area (Å²) in [6.45, 7) is 0. The summed E-state index contributed by atoms with van der Waals surface area (Å²) in [6, 6.07) is 6.34. The average Bonchev–Trinajstić information content (AvgIpc) is 2.90. The van der Waals surface area contributed by atoms with Gasteiger partial charge in [0, 0.05) is 12.4 Å². The van der Waals surface area contributed by atoms with Gasteiger partial charge >= 0.3 is 5.97 Å². The Morgan fingerprint density at radius 1 is 1.24 bits per heavy atom. The number of hydrogen-bond donors (Lipinski definition) is 2. The second-order valence-corrected chi connectivity index (χ2v) is 4.52. The SMILES string of the molecule is O=C(O)c1ccc(-n2c(-c3cnccn3)n[nH]c2=S)cc1. The minimum atomic E-state index is -0.980. The quantitative estimate of drug-likeness (QED) is 0.719. The van der Waals surface area contributed by atoms with Crippen LogP contribution >= 0.6 is 12.2 Å². The number of aromatic nitrogens is 5. The van der Waals surface area contributed by atoms with Crippen LogP contribution < -0.4 is 0 Å². The van der Waals surface area contributed by atoms with E-state index in [4.69, 9.17) is 17.3 Å². The molecule has 0 saturated heterocycles. The first-order valence-corrected chi connectivity index (χ1v) is 6.35. The number of H-pyrrole nitrogens is 1. The highest BCUT2D eigenvalue weighted by atomic mass is 32.1. The summed E-state index contributed by atoms with van der Waals surface area (Å²) in [4.78, 5) is 19.1. The number of carboxylic acid groups (broad SMARTS) is 1. The van der Waals surface area contributed by atoms with Gasteiger partial charge < -0.3 is 5.11 Å². The minimum absolute atomic E-state index is 0.204. The Morgan fingerprint density at radius 2 is 2.00 bits per heavy atom. The largest absolute Gasteiger partial charge is 0.478 e. The first kappa shape index (κ1) is 13.1. The van der Waals surface area contributed by atoms with Crippen LogP contribution in [0.5, 0.6) is 0 Å². The van der Waals surface area contributed by atoms with Gasteiger partial charge in [0.25, 0.3) is 0 Å². The fraction of sp³-hybridized carbons (Fsp3) is 0. The van der Waals surface area contributed by atoms with Crippen molar-refractivity contribution in [2.75, 3.05) is 0 Å². The van der Waals surface area contributed by atoms with Crippen molar-refractivity contribution < 1.29 is 9.90 Å². The van der Waals surface area contributed by atoms with Crippen LogP contribution in [0.15, 0.2) is 42.9 Å². The van der Waals surface area contributed by atoms with E-state index >= 15 is 0 Å². The molecule has 0 unspecified atom stereocenters. The fourth-order valence-corrected chi connectivity index (χ4v) is 2.11. The Morgan fingerprint density at radius 3 is 2.62 bits per heavy atom. The lowest BCUT2D eigenvalue weighted by atomic mass is 10.2. The molecule has 0 aliphatic rings. The lowest BCUT2D eigenvalue weighted by Gasteiger charge is -2.06. The maximum atomic E-state index is 10.9. The second-order valence-electron chi connectivity index (χ2n) is 4.13. The number of benzene rings is 1. The topological polar surface area (TPSA) is 96.7 Å². The third-order valence-corrected chi connectivity index (χ3v) is 3.11. The predicted molar refractivity (Wildman–Crippen MR) is 76.7 cm³/mol. The van der Waals surface area contributed by atoms with Crippen molar-refractivity contribution >= 4 is 18.2 Å². The van der Waals surface area contributed by atoms with E-state index in [9.17, 15) is 4.79 Å². The van der Waals surface area contributed by atoms with Gasteiger partial charge in [-0.25, -0.2) is 9.78 Å². The highest BCUT2D eigenvalue weighted by molar-refractivity contribution is 7.71. The van der Waals surface area contributed by atoms with Gasteiger partial charge in [-0.15, -0.1) is 0 Å². The normalized spacial score (nSPS) is 10.5. The Hall–Kier alpha value is -2.87. The Bertz CT molecular complexity index is 839. The molecule has 0 aliphatic carbocycles. The number of nitrogens with zero attached hydrogens (tertiary/aromatic N) is 4. The van der Waals surface area contributed by atoms with E-state index in [-0.39, 0.29) is 5.56 Å². The monoisotopic (exact) mass is 299 g/mol. The molecule has 0 radical (unpaired) electrons. The maximum absolute atomic E-state index is 10.9. The third-order valence-electron chi connectivity index (χ3n) is 2.84. The molecule has 1 aromatic carbocycles. The summed E-state index contributed by atoms with van der Waals surface area (Å²) < 4.78 is 2.06. The molecule has 0 atom stereocenters. The van der Waals surface area contributed by atoms with Crippen molar-refractivity contribution in [2.24, 2.45) is 0 Å². The Kier molecular flexibility index (Phi) is 3.28. The maximum Gasteiger partial charge on any atom is 0.335 e. The summed E-state index contributed by atoms with van der Waals surface area (Å²) in [5, 5.41) is 15.8. The molecule has 8 heteroatoms. The van der Waals surface area contributed by atoms with E-state index in [0.717, 1.165) is 0 Å². The lowest BCUT2D eigenvalue weighted by molar-refractivity contribution is 0.0697. The summed E-state index contributed by atoms with van der Waals surface area (Å²) >= 11 is 5.22. The first-order chi connectivity index (χ1) is 10.2. The second kappa shape index (κ2) is 5.25. The van der Waals surface area contributed by atoms with Gasteiger partial charge in [-0.05, 0) is 36.5 Å². The molecule has 7 nitrogen and oxygen atoms in total. The number of aromatic amines is 1. The van der Waals surface area contributed by atoms with E-state index in [0.29, 0.717) is 22.0 Å². The summed E-state index contributed by atoms with van der Waals surface area (Å²) in [5.41, 5.74) is 1.46. The van der Waals surface area contributed by atoms with Gasteiger partial charge in [0.1, 0.15) is 5.69 Å². The lowest BCUT2D eigenvalue weighted by Crippen LogP contribution is -2.01. The van der Waals surface area contributed by atoms with Crippen LogP contribution in [0, 0.1) is 4.77 Å². The third kappa shape index (κ3) is 2.43. The van der Waals surface area contributed by atoms with Crippen molar-refractivity contribution in [3.05, 3.63) is 53.2 Å². The number of nitrogens with one attached hydrogen (secondary N) is 1. The molecule has 0 saturated carbocycles. The first-order valence-electron chi connectivity index (χ1n) is 5.94. The minimum Gasteiger partial charge on any atom is -0.478 e. The Balaban J connectivity index is 2.13. The molecule has 2 aromatic heterocycles. The molecule has 21 heavy (non-hydrogen) atoms. The van der Waals surface area contributed by atoms with Gasteiger partial charge in [-0.3, -0.25) is 14.6 Å². The molecule has 2 heterocycles. The smallest absolute Gasteiger partial charge is 0.335 e. The zero-order chi connectivity index (χ0) is 14.8. The molecule has 104 valence electrons. The van der Waals surface area contributed by atoms with Crippen molar-refractivity contribution in [3.63, 3.8) is 0 Å². The molecular formula is C13H9N5O2S. The van der Waals surface area contributed by atoms with Crippen LogP contribution in [0.3, 0.4) is 0 Å². The highest BCUT2D eigenvalue weighted by Crippen LogP contribution is 2.19. The summed E-state index contributed by atoms with van der Waals surface area (Å²) in [6.07, 6.45) is 4.70. The van der Waals surface area contributed by atoms with E-state index in [1.54, 1.807) is 35.3 Å². The van der Waals surface area contributed by atoms with Crippen LogP contribution in [-0.2, 0) is 0 Å². The number of carboxylic acids is 1. The molecule has 0 fully saturated rings. The highest BCUT2D eigenvalue weighted by Gasteiger charge is 2.12. The van der Waals surface area contributed by atoms with Gasteiger partial charge in [0.2, 0.25) is 0 Å². The standard InChI is InChI=1S/C13H9N5O2S/c19-12(20)8-1-3-9(4-2-8)18-11(16-17-13(18)21)10-7-14-5-6-15-10/h1-7H,(H,17,21)(H,19,20). The summed E-state index contributed by atoms with van der Waals surface area (Å²) in [5.74, 6) is -0.470. The fourth-order valence-electron chi connectivity index (χ4n) is 1.88. The van der Waals surface area contributed by atoms with Gasteiger partial charge in [0.15, 0.2) is 10.6 Å². The van der Waals surface area contributed by atoms with Gasteiger partial charge in [-0.2, -0.15) is 5.10 Å². The molecule has 0 spiro atoms. The average molecular weight is 299 g/mol. The molecule has 3 rings (SSSR count). The predicted octanol–water partition coefficient (Wildman–Crippen LogP) is 2.09. The van der Waals surface area contributed by atoms with E-state index in [1.165, 1.54) is 12.1 Å². The number of carbonyl (C=O) groups is 1. The van der Waals surface area contributed by atoms with Gasteiger partial charge in [0.05, 0.1) is 17.4 Å². The number of aromatic carboxylic acids is 1. The van der Waals surface area contributed by atoms with Crippen molar-refractivity contribution in [1.29, 1.82) is 0 Å². The molecular weight excluding hydrogens is 290 g/mol. The zero-order valence-electron chi connectivity index (χ0n) is 10.6. The molecule has 3 aromatic rings. The molecule has 2 N–H and O–H groups in total.